The van der Waals surface area contributed by atoms with Gasteiger partial charge >= 0.3 is 0 Å². The second-order valence-electron chi connectivity index (χ2n) is 6.57. The van der Waals surface area contributed by atoms with Gasteiger partial charge in [-0.15, -0.1) is 0 Å². The molecular formula is C16H24N2O. The molecule has 3 heteroatoms. The highest BCUT2D eigenvalue weighted by Crippen LogP contribution is 2.35. The fraction of sp³-hybridized carbons (Fsp3) is 0.562. The first-order valence-electron chi connectivity index (χ1n) is 6.86. The lowest BCUT2D eigenvalue weighted by atomic mass is 9.83. The molecule has 0 aromatic heterocycles. The smallest absolute Gasteiger partial charge is 0.242 e. The Morgan fingerprint density at radius 2 is 1.84 bits per heavy atom. The second kappa shape index (κ2) is 4.64. The van der Waals surface area contributed by atoms with Crippen LogP contribution >= 0.6 is 0 Å². The SMILES string of the molecule is Cc1ccc(C(C)(C)CN(C)C(=O)C2(N)CC2)cc1. The van der Waals surface area contributed by atoms with E-state index in [2.05, 4.69) is 45.0 Å². The first kappa shape index (κ1) is 14.1. The summed E-state index contributed by atoms with van der Waals surface area (Å²) in [6.45, 7) is 7.10. The molecule has 1 aromatic carbocycles. The highest BCUT2D eigenvalue weighted by atomic mass is 16.2. The minimum Gasteiger partial charge on any atom is -0.343 e. The van der Waals surface area contributed by atoms with Gasteiger partial charge in [-0.25, -0.2) is 0 Å². The summed E-state index contributed by atoms with van der Waals surface area (Å²) in [6.07, 6.45) is 1.64. The minimum atomic E-state index is -0.571. The molecule has 0 spiro atoms. The summed E-state index contributed by atoms with van der Waals surface area (Å²) in [4.78, 5) is 14.0. The summed E-state index contributed by atoms with van der Waals surface area (Å²) in [6, 6.07) is 8.51. The summed E-state index contributed by atoms with van der Waals surface area (Å²) in [5, 5.41) is 0. The van der Waals surface area contributed by atoms with Gasteiger partial charge in [0.1, 0.15) is 0 Å². The number of carbonyl (C=O) groups excluding carboxylic acids is 1. The number of hydrogen-bond acceptors (Lipinski definition) is 2. The van der Waals surface area contributed by atoms with E-state index in [0.717, 1.165) is 12.8 Å². The zero-order valence-corrected chi connectivity index (χ0v) is 12.4. The van der Waals surface area contributed by atoms with Gasteiger partial charge < -0.3 is 10.6 Å². The molecule has 19 heavy (non-hydrogen) atoms. The predicted molar refractivity (Wildman–Crippen MR) is 78.0 cm³/mol. The Morgan fingerprint density at radius 3 is 2.32 bits per heavy atom. The van der Waals surface area contributed by atoms with Crippen molar-refractivity contribution in [3.05, 3.63) is 35.4 Å². The molecule has 1 saturated carbocycles. The summed E-state index contributed by atoms with van der Waals surface area (Å²) in [5.41, 5.74) is 7.84. The molecule has 0 bridgehead atoms. The molecule has 0 aliphatic heterocycles. The van der Waals surface area contributed by atoms with Gasteiger partial charge in [0, 0.05) is 19.0 Å². The van der Waals surface area contributed by atoms with Crippen molar-refractivity contribution in [2.24, 2.45) is 5.73 Å². The van der Waals surface area contributed by atoms with E-state index in [9.17, 15) is 4.79 Å². The van der Waals surface area contributed by atoms with Crippen LogP contribution in [0.15, 0.2) is 24.3 Å². The van der Waals surface area contributed by atoms with Crippen molar-refractivity contribution in [2.45, 2.75) is 44.6 Å². The number of aryl methyl sites for hydroxylation is 1. The van der Waals surface area contributed by atoms with Crippen molar-refractivity contribution in [2.75, 3.05) is 13.6 Å². The predicted octanol–water partition coefficient (Wildman–Crippen LogP) is 2.22. The van der Waals surface area contributed by atoms with Crippen molar-refractivity contribution < 1.29 is 4.79 Å². The fourth-order valence-corrected chi connectivity index (χ4v) is 2.49. The zero-order chi connectivity index (χ0) is 14.3. The van der Waals surface area contributed by atoms with E-state index in [1.165, 1.54) is 11.1 Å². The Hall–Kier alpha value is -1.35. The lowest BCUT2D eigenvalue weighted by Crippen LogP contribution is -2.47. The Bertz CT molecular complexity index is 472. The van der Waals surface area contributed by atoms with Crippen LogP contribution < -0.4 is 5.73 Å². The number of rotatable bonds is 4. The van der Waals surface area contributed by atoms with Crippen LogP contribution in [0.25, 0.3) is 0 Å². The number of carbonyl (C=O) groups is 1. The van der Waals surface area contributed by atoms with Gasteiger partial charge in [-0.3, -0.25) is 4.79 Å². The number of nitrogens with two attached hydrogens (primary N) is 1. The van der Waals surface area contributed by atoms with Crippen molar-refractivity contribution in [1.82, 2.24) is 4.90 Å². The average molecular weight is 260 g/mol. The van der Waals surface area contributed by atoms with Gasteiger partial charge in [0.05, 0.1) is 5.54 Å². The highest BCUT2D eigenvalue weighted by Gasteiger charge is 2.48. The molecule has 1 aromatic rings. The highest BCUT2D eigenvalue weighted by molar-refractivity contribution is 5.88. The van der Waals surface area contributed by atoms with Gasteiger partial charge in [-0.2, -0.15) is 0 Å². The minimum absolute atomic E-state index is 0.0661. The number of likely N-dealkylation sites (N-methyl/N-ethyl adjacent to an activating group) is 1. The largest absolute Gasteiger partial charge is 0.343 e. The summed E-state index contributed by atoms with van der Waals surface area (Å²) in [7, 11) is 1.85. The topological polar surface area (TPSA) is 46.3 Å². The summed E-state index contributed by atoms with van der Waals surface area (Å²) >= 11 is 0. The fourth-order valence-electron chi connectivity index (χ4n) is 2.49. The monoisotopic (exact) mass is 260 g/mol. The van der Waals surface area contributed by atoms with Crippen molar-refractivity contribution >= 4 is 5.91 Å². The molecule has 2 rings (SSSR count). The van der Waals surface area contributed by atoms with E-state index in [0.29, 0.717) is 6.54 Å². The van der Waals surface area contributed by atoms with Crippen molar-refractivity contribution in [3.63, 3.8) is 0 Å². The van der Waals surface area contributed by atoms with E-state index in [1.54, 1.807) is 4.90 Å². The van der Waals surface area contributed by atoms with Crippen LogP contribution in [0, 0.1) is 6.92 Å². The van der Waals surface area contributed by atoms with Crippen LogP contribution in [0.4, 0.5) is 0 Å². The molecule has 0 unspecified atom stereocenters. The van der Waals surface area contributed by atoms with Crippen LogP contribution in [-0.4, -0.2) is 29.9 Å². The first-order valence-corrected chi connectivity index (χ1v) is 6.86. The zero-order valence-electron chi connectivity index (χ0n) is 12.4. The van der Waals surface area contributed by atoms with Gasteiger partial charge in [0.25, 0.3) is 0 Å². The molecule has 1 aliphatic rings. The van der Waals surface area contributed by atoms with Gasteiger partial charge in [-0.05, 0) is 25.3 Å². The summed E-state index contributed by atoms with van der Waals surface area (Å²) < 4.78 is 0. The lowest BCUT2D eigenvalue weighted by Gasteiger charge is -2.32. The molecule has 2 N–H and O–H groups in total. The van der Waals surface area contributed by atoms with Crippen molar-refractivity contribution in [3.8, 4) is 0 Å². The molecule has 0 atom stereocenters. The maximum Gasteiger partial charge on any atom is 0.242 e. The Kier molecular flexibility index (Phi) is 3.43. The molecule has 1 aliphatic carbocycles. The molecular weight excluding hydrogens is 236 g/mol. The van der Waals surface area contributed by atoms with E-state index < -0.39 is 5.54 Å². The maximum absolute atomic E-state index is 12.2. The molecule has 1 amide bonds. The standard InChI is InChI=1S/C16H24N2O/c1-12-5-7-13(8-6-12)15(2,3)11-18(4)14(19)16(17)9-10-16/h5-8H,9-11,17H2,1-4H3. The van der Waals surface area contributed by atoms with Gasteiger partial charge in [0.2, 0.25) is 5.91 Å². The number of nitrogens with zero attached hydrogens (tertiary/aromatic N) is 1. The first-order chi connectivity index (χ1) is 8.74. The second-order valence-corrected chi connectivity index (χ2v) is 6.57. The van der Waals surface area contributed by atoms with Gasteiger partial charge in [-0.1, -0.05) is 43.7 Å². The van der Waals surface area contributed by atoms with Crippen LogP contribution in [0.2, 0.25) is 0 Å². The van der Waals surface area contributed by atoms with E-state index in [4.69, 9.17) is 5.73 Å². The summed E-state index contributed by atoms with van der Waals surface area (Å²) in [5.74, 6) is 0.0766. The van der Waals surface area contributed by atoms with Crippen molar-refractivity contribution in [1.29, 1.82) is 0 Å². The molecule has 1 fully saturated rings. The Balaban J connectivity index is 2.08. The quantitative estimate of drug-likeness (QED) is 0.902. The normalized spacial score (nSPS) is 17.1. The third-order valence-electron chi connectivity index (χ3n) is 4.03. The molecule has 0 radical (unpaired) electrons. The molecule has 0 saturated heterocycles. The number of amides is 1. The molecule has 3 nitrogen and oxygen atoms in total. The van der Waals surface area contributed by atoms with Crippen LogP contribution in [0.1, 0.15) is 37.8 Å². The lowest BCUT2D eigenvalue weighted by molar-refractivity contribution is -0.133. The third kappa shape index (κ3) is 2.98. The van der Waals surface area contributed by atoms with Crippen LogP contribution in [-0.2, 0) is 10.2 Å². The average Bonchev–Trinajstić information content (AvgIpc) is 3.07. The van der Waals surface area contributed by atoms with Gasteiger partial charge in [0.15, 0.2) is 0 Å². The van der Waals surface area contributed by atoms with Crippen LogP contribution in [0.5, 0.6) is 0 Å². The van der Waals surface area contributed by atoms with E-state index >= 15 is 0 Å². The van der Waals surface area contributed by atoms with Crippen LogP contribution in [0.3, 0.4) is 0 Å². The molecule has 0 heterocycles. The molecule has 104 valence electrons. The third-order valence-corrected chi connectivity index (χ3v) is 4.03. The Morgan fingerprint density at radius 1 is 1.32 bits per heavy atom. The maximum atomic E-state index is 12.2. The van der Waals surface area contributed by atoms with E-state index in [1.807, 2.05) is 7.05 Å². The van der Waals surface area contributed by atoms with E-state index in [-0.39, 0.29) is 11.3 Å². The Labute approximate surface area is 115 Å². The number of benzene rings is 1. The number of hydrogen-bond donors (Lipinski definition) is 1.